The lowest BCUT2D eigenvalue weighted by molar-refractivity contribution is 0.110. The fourth-order valence-electron chi connectivity index (χ4n) is 1.49. The third-order valence-electron chi connectivity index (χ3n) is 2.52. The minimum absolute atomic E-state index is 0.658. The zero-order valence-electron chi connectivity index (χ0n) is 10.8. The zero-order valence-corrected chi connectivity index (χ0v) is 10.8. The molecule has 1 N–H and O–H groups in total. The third-order valence-corrected chi connectivity index (χ3v) is 2.52. The summed E-state index contributed by atoms with van der Waals surface area (Å²) in [5, 5.41) is 3.07. The van der Waals surface area contributed by atoms with Gasteiger partial charge in [-0.05, 0) is 32.4 Å². The monoisotopic (exact) mass is 225 g/mol. The Balaban J connectivity index is 2.35. The maximum atomic E-state index is 5.62. The summed E-state index contributed by atoms with van der Waals surface area (Å²) < 4.78 is 11.2. The molecule has 0 aliphatic rings. The van der Waals surface area contributed by atoms with Gasteiger partial charge in [-0.15, -0.1) is 0 Å². The lowest BCUT2D eigenvalue weighted by Gasteiger charge is -2.05. The molecule has 0 spiro atoms. The molecule has 3 nitrogen and oxygen atoms in total. The maximum absolute atomic E-state index is 5.62. The molecule has 0 aromatic carbocycles. The Kier molecular flexibility index (Phi) is 5.56. The highest BCUT2D eigenvalue weighted by molar-refractivity contribution is 5.19. The molecule has 0 radical (unpaired) electrons. The molecule has 0 atom stereocenters. The summed E-state index contributed by atoms with van der Waals surface area (Å²) in [6.45, 7) is 8.65. The quantitative estimate of drug-likeness (QED) is 0.725. The topological polar surface area (TPSA) is 34.4 Å². The van der Waals surface area contributed by atoms with Crippen molar-refractivity contribution in [1.29, 1.82) is 0 Å². The standard InChI is InChI=1S/C13H23NO2/c1-10(2)5-6-15-9-12-7-13(8-14-4)16-11(12)3/h7,10,14H,5-6,8-9H2,1-4H3. The highest BCUT2D eigenvalue weighted by atomic mass is 16.5. The van der Waals surface area contributed by atoms with E-state index in [4.69, 9.17) is 9.15 Å². The highest BCUT2D eigenvalue weighted by Gasteiger charge is 2.06. The van der Waals surface area contributed by atoms with Gasteiger partial charge in [0.05, 0.1) is 13.2 Å². The van der Waals surface area contributed by atoms with Gasteiger partial charge in [0.15, 0.2) is 0 Å². The molecule has 1 rings (SSSR count). The number of furan rings is 1. The van der Waals surface area contributed by atoms with Gasteiger partial charge in [0, 0.05) is 12.2 Å². The first-order valence-corrected chi connectivity index (χ1v) is 5.94. The van der Waals surface area contributed by atoms with E-state index in [1.807, 2.05) is 14.0 Å². The van der Waals surface area contributed by atoms with Gasteiger partial charge in [-0.1, -0.05) is 13.8 Å². The van der Waals surface area contributed by atoms with Crippen LogP contribution in [0.1, 0.15) is 37.4 Å². The van der Waals surface area contributed by atoms with E-state index in [0.717, 1.165) is 36.7 Å². The molecular formula is C13H23NO2. The van der Waals surface area contributed by atoms with E-state index in [-0.39, 0.29) is 0 Å². The zero-order chi connectivity index (χ0) is 12.0. The van der Waals surface area contributed by atoms with Crippen LogP contribution >= 0.6 is 0 Å². The SMILES string of the molecule is CNCc1cc(COCCC(C)C)c(C)o1. The van der Waals surface area contributed by atoms with Gasteiger partial charge in [-0.2, -0.15) is 0 Å². The molecule has 0 fully saturated rings. The minimum atomic E-state index is 0.658. The molecule has 1 heterocycles. The van der Waals surface area contributed by atoms with Crippen LogP contribution in [0.2, 0.25) is 0 Å². The van der Waals surface area contributed by atoms with Crippen molar-refractivity contribution < 1.29 is 9.15 Å². The molecule has 16 heavy (non-hydrogen) atoms. The molecule has 1 aromatic rings. The van der Waals surface area contributed by atoms with Crippen molar-refractivity contribution in [3.63, 3.8) is 0 Å². The maximum Gasteiger partial charge on any atom is 0.118 e. The van der Waals surface area contributed by atoms with Crippen molar-refractivity contribution in [2.75, 3.05) is 13.7 Å². The van der Waals surface area contributed by atoms with E-state index in [1.165, 1.54) is 0 Å². The van der Waals surface area contributed by atoms with Crippen LogP contribution in [0.3, 0.4) is 0 Å². The Morgan fingerprint density at radius 2 is 2.19 bits per heavy atom. The second kappa shape index (κ2) is 6.71. The summed E-state index contributed by atoms with van der Waals surface area (Å²) in [6.07, 6.45) is 1.11. The van der Waals surface area contributed by atoms with E-state index in [2.05, 4.69) is 25.2 Å². The first kappa shape index (κ1) is 13.3. The molecule has 0 bridgehead atoms. The Hall–Kier alpha value is -0.800. The Morgan fingerprint density at radius 3 is 2.81 bits per heavy atom. The van der Waals surface area contributed by atoms with Gasteiger partial charge in [0.2, 0.25) is 0 Å². The van der Waals surface area contributed by atoms with Gasteiger partial charge in [0.1, 0.15) is 11.5 Å². The molecule has 0 aliphatic carbocycles. The van der Waals surface area contributed by atoms with E-state index in [1.54, 1.807) is 0 Å². The average Bonchev–Trinajstić information content (AvgIpc) is 2.54. The third kappa shape index (κ3) is 4.37. The van der Waals surface area contributed by atoms with Gasteiger partial charge in [0.25, 0.3) is 0 Å². The van der Waals surface area contributed by atoms with Crippen molar-refractivity contribution in [3.8, 4) is 0 Å². The van der Waals surface area contributed by atoms with Crippen molar-refractivity contribution in [2.24, 2.45) is 5.92 Å². The molecule has 0 amide bonds. The number of ether oxygens (including phenoxy) is 1. The van der Waals surface area contributed by atoms with Gasteiger partial charge < -0.3 is 14.5 Å². The molecular weight excluding hydrogens is 202 g/mol. The van der Waals surface area contributed by atoms with Crippen LogP contribution in [0, 0.1) is 12.8 Å². The summed E-state index contributed by atoms with van der Waals surface area (Å²) in [6, 6.07) is 2.07. The van der Waals surface area contributed by atoms with Crippen molar-refractivity contribution in [2.45, 2.75) is 40.3 Å². The van der Waals surface area contributed by atoms with Crippen LogP contribution < -0.4 is 5.32 Å². The number of nitrogens with one attached hydrogen (secondary N) is 1. The van der Waals surface area contributed by atoms with Crippen LogP contribution in [-0.2, 0) is 17.9 Å². The minimum Gasteiger partial charge on any atom is -0.465 e. The predicted molar refractivity (Wildman–Crippen MR) is 65.3 cm³/mol. The first-order chi connectivity index (χ1) is 7.63. The first-order valence-electron chi connectivity index (χ1n) is 5.94. The molecule has 0 saturated carbocycles. The lowest BCUT2D eigenvalue weighted by Crippen LogP contribution is -2.03. The fourth-order valence-corrected chi connectivity index (χ4v) is 1.49. The molecule has 0 aliphatic heterocycles. The van der Waals surface area contributed by atoms with Crippen molar-refractivity contribution >= 4 is 0 Å². The molecule has 1 aromatic heterocycles. The molecule has 3 heteroatoms. The van der Waals surface area contributed by atoms with Crippen LogP contribution in [0.5, 0.6) is 0 Å². The number of aryl methyl sites for hydroxylation is 1. The highest BCUT2D eigenvalue weighted by Crippen LogP contribution is 2.15. The van der Waals surface area contributed by atoms with E-state index in [9.17, 15) is 0 Å². The fraction of sp³-hybridized carbons (Fsp3) is 0.692. The normalized spacial score (nSPS) is 11.3. The van der Waals surface area contributed by atoms with Gasteiger partial charge in [-0.3, -0.25) is 0 Å². The molecule has 0 saturated heterocycles. The summed E-state index contributed by atoms with van der Waals surface area (Å²) in [4.78, 5) is 0. The second-order valence-corrected chi connectivity index (χ2v) is 4.56. The molecule has 0 unspecified atom stereocenters. The summed E-state index contributed by atoms with van der Waals surface area (Å²) in [5.74, 6) is 2.64. The van der Waals surface area contributed by atoms with E-state index < -0.39 is 0 Å². The Bertz CT molecular complexity index is 305. The Labute approximate surface area is 98.2 Å². The lowest BCUT2D eigenvalue weighted by atomic mass is 10.1. The Morgan fingerprint density at radius 1 is 1.44 bits per heavy atom. The van der Waals surface area contributed by atoms with Crippen LogP contribution in [0.4, 0.5) is 0 Å². The average molecular weight is 225 g/mol. The van der Waals surface area contributed by atoms with Gasteiger partial charge >= 0.3 is 0 Å². The predicted octanol–water partition coefficient (Wildman–Crippen LogP) is 2.87. The van der Waals surface area contributed by atoms with E-state index in [0.29, 0.717) is 12.5 Å². The summed E-state index contributed by atoms with van der Waals surface area (Å²) in [7, 11) is 1.91. The van der Waals surface area contributed by atoms with Crippen LogP contribution in [-0.4, -0.2) is 13.7 Å². The van der Waals surface area contributed by atoms with Gasteiger partial charge in [-0.25, -0.2) is 0 Å². The van der Waals surface area contributed by atoms with Crippen molar-refractivity contribution in [3.05, 3.63) is 23.2 Å². The number of rotatable bonds is 7. The summed E-state index contributed by atoms with van der Waals surface area (Å²) in [5.41, 5.74) is 1.16. The molecule has 92 valence electrons. The van der Waals surface area contributed by atoms with E-state index >= 15 is 0 Å². The smallest absolute Gasteiger partial charge is 0.118 e. The summed E-state index contributed by atoms with van der Waals surface area (Å²) >= 11 is 0. The van der Waals surface area contributed by atoms with Crippen molar-refractivity contribution in [1.82, 2.24) is 5.32 Å². The largest absolute Gasteiger partial charge is 0.465 e. The second-order valence-electron chi connectivity index (χ2n) is 4.56. The number of hydrogen-bond donors (Lipinski definition) is 1. The van der Waals surface area contributed by atoms with Crippen LogP contribution in [0.25, 0.3) is 0 Å². The number of hydrogen-bond acceptors (Lipinski definition) is 3. The van der Waals surface area contributed by atoms with Crippen LogP contribution in [0.15, 0.2) is 10.5 Å².